The number of nitrogens with one attached hydrogen (secondary N) is 1. The molecule has 2 rings (SSSR count). The van der Waals surface area contributed by atoms with Crippen LogP contribution in [0.1, 0.15) is 17.2 Å². The molecular formula is C16H17FN2O2. The molecule has 0 aliphatic rings. The standard InChI is InChI=1S/C16H17FN2O2/c1-21-10-11-6-2-3-7-12(11)15(16(18)20)19-14-9-5-4-8-13(14)17/h2-9,15,19H,10H2,1H3,(H2,18,20). The van der Waals surface area contributed by atoms with Gasteiger partial charge < -0.3 is 15.8 Å². The van der Waals surface area contributed by atoms with Crippen molar-refractivity contribution in [1.82, 2.24) is 0 Å². The molecule has 21 heavy (non-hydrogen) atoms. The number of carbonyl (C=O) groups excluding carboxylic acids is 1. The highest BCUT2D eigenvalue weighted by molar-refractivity contribution is 5.85. The van der Waals surface area contributed by atoms with Crippen LogP contribution in [0.15, 0.2) is 48.5 Å². The fraction of sp³-hybridized carbons (Fsp3) is 0.188. The van der Waals surface area contributed by atoms with Crippen LogP contribution in [0, 0.1) is 5.82 Å². The van der Waals surface area contributed by atoms with Gasteiger partial charge in [0.15, 0.2) is 0 Å². The number of halogens is 1. The molecule has 2 aromatic carbocycles. The Hall–Kier alpha value is -2.40. The van der Waals surface area contributed by atoms with Gasteiger partial charge in [0.25, 0.3) is 0 Å². The first kappa shape index (κ1) is 15.0. The van der Waals surface area contributed by atoms with E-state index in [9.17, 15) is 9.18 Å². The first-order valence-electron chi connectivity index (χ1n) is 6.50. The van der Waals surface area contributed by atoms with E-state index >= 15 is 0 Å². The average Bonchev–Trinajstić information content (AvgIpc) is 2.47. The number of methoxy groups -OCH3 is 1. The summed E-state index contributed by atoms with van der Waals surface area (Å²) in [7, 11) is 1.57. The number of rotatable bonds is 6. The van der Waals surface area contributed by atoms with Gasteiger partial charge in [-0.1, -0.05) is 36.4 Å². The molecule has 1 unspecified atom stereocenters. The van der Waals surface area contributed by atoms with Crippen molar-refractivity contribution in [2.45, 2.75) is 12.6 Å². The molecule has 0 heterocycles. The smallest absolute Gasteiger partial charge is 0.244 e. The number of nitrogens with two attached hydrogens (primary N) is 1. The van der Waals surface area contributed by atoms with Gasteiger partial charge >= 0.3 is 0 Å². The van der Waals surface area contributed by atoms with Gasteiger partial charge in [0.05, 0.1) is 12.3 Å². The second-order valence-corrected chi connectivity index (χ2v) is 4.59. The predicted molar refractivity (Wildman–Crippen MR) is 79.1 cm³/mol. The maximum atomic E-state index is 13.7. The van der Waals surface area contributed by atoms with Gasteiger partial charge in [0.1, 0.15) is 11.9 Å². The normalized spacial score (nSPS) is 11.9. The summed E-state index contributed by atoms with van der Waals surface area (Å²) in [6.07, 6.45) is 0. The number of ether oxygens (including phenoxy) is 1. The number of hydrogen-bond donors (Lipinski definition) is 2. The summed E-state index contributed by atoms with van der Waals surface area (Å²) < 4.78 is 18.9. The van der Waals surface area contributed by atoms with E-state index in [2.05, 4.69) is 5.32 Å². The third kappa shape index (κ3) is 3.58. The third-order valence-electron chi connectivity index (χ3n) is 3.12. The SMILES string of the molecule is COCc1ccccc1C(Nc1ccccc1F)C(N)=O. The second kappa shape index (κ2) is 6.85. The number of hydrogen-bond acceptors (Lipinski definition) is 3. The molecule has 0 aromatic heterocycles. The average molecular weight is 288 g/mol. The van der Waals surface area contributed by atoms with Crippen LogP contribution in [0.2, 0.25) is 0 Å². The lowest BCUT2D eigenvalue weighted by molar-refractivity contribution is -0.118. The third-order valence-corrected chi connectivity index (χ3v) is 3.12. The highest BCUT2D eigenvalue weighted by atomic mass is 19.1. The van der Waals surface area contributed by atoms with E-state index in [1.807, 2.05) is 12.1 Å². The molecule has 4 nitrogen and oxygen atoms in total. The Morgan fingerprint density at radius 2 is 1.90 bits per heavy atom. The lowest BCUT2D eigenvalue weighted by atomic mass is 10.00. The van der Waals surface area contributed by atoms with Gasteiger partial charge in [-0.2, -0.15) is 0 Å². The van der Waals surface area contributed by atoms with Crippen LogP contribution in [0.25, 0.3) is 0 Å². The maximum Gasteiger partial charge on any atom is 0.244 e. The molecule has 0 fully saturated rings. The van der Waals surface area contributed by atoms with Gasteiger partial charge in [-0.15, -0.1) is 0 Å². The highest BCUT2D eigenvalue weighted by Crippen LogP contribution is 2.24. The lowest BCUT2D eigenvalue weighted by Crippen LogP contribution is -2.29. The van der Waals surface area contributed by atoms with Gasteiger partial charge in [-0.25, -0.2) is 4.39 Å². The first-order chi connectivity index (χ1) is 10.1. The van der Waals surface area contributed by atoms with Crippen molar-refractivity contribution in [3.05, 3.63) is 65.5 Å². The van der Waals surface area contributed by atoms with E-state index in [-0.39, 0.29) is 5.69 Å². The second-order valence-electron chi connectivity index (χ2n) is 4.59. The van der Waals surface area contributed by atoms with E-state index < -0.39 is 17.8 Å². The zero-order valence-corrected chi connectivity index (χ0v) is 11.7. The zero-order chi connectivity index (χ0) is 15.2. The topological polar surface area (TPSA) is 64.3 Å². The van der Waals surface area contributed by atoms with Crippen molar-refractivity contribution in [2.75, 3.05) is 12.4 Å². The van der Waals surface area contributed by atoms with Crippen LogP contribution >= 0.6 is 0 Å². The van der Waals surface area contributed by atoms with E-state index in [0.717, 1.165) is 5.56 Å². The Morgan fingerprint density at radius 3 is 2.57 bits per heavy atom. The molecule has 0 bridgehead atoms. The monoisotopic (exact) mass is 288 g/mol. The molecule has 0 saturated heterocycles. The molecular weight excluding hydrogens is 271 g/mol. The van der Waals surface area contributed by atoms with E-state index in [1.54, 1.807) is 37.4 Å². The molecule has 0 aliphatic heterocycles. The molecule has 0 saturated carbocycles. The molecule has 1 atom stereocenters. The summed E-state index contributed by atoms with van der Waals surface area (Å²) in [5, 5.41) is 2.86. The summed E-state index contributed by atoms with van der Waals surface area (Å²) in [4.78, 5) is 11.8. The molecule has 0 spiro atoms. The molecule has 0 radical (unpaired) electrons. The molecule has 2 aromatic rings. The maximum absolute atomic E-state index is 13.7. The number of primary amides is 1. The van der Waals surface area contributed by atoms with E-state index in [4.69, 9.17) is 10.5 Å². The summed E-state index contributed by atoms with van der Waals surface area (Å²) in [6.45, 7) is 0.346. The Kier molecular flexibility index (Phi) is 4.90. The Bertz CT molecular complexity index is 631. The minimum Gasteiger partial charge on any atom is -0.380 e. The van der Waals surface area contributed by atoms with Crippen molar-refractivity contribution >= 4 is 11.6 Å². The van der Waals surface area contributed by atoms with Gasteiger partial charge in [-0.05, 0) is 23.3 Å². The number of para-hydroxylation sites is 1. The van der Waals surface area contributed by atoms with E-state index in [1.165, 1.54) is 6.07 Å². The van der Waals surface area contributed by atoms with Crippen LogP contribution in [0.5, 0.6) is 0 Å². The van der Waals surface area contributed by atoms with Crippen molar-refractivity contribution in [1.29, 1.82) is 0 Å². The molecule has 110 valence electrons. The fourth-order valence-electron chi connectivity index (χ4n) is 2.14. The highest BCUT2D eigenvalue weighted by Gasteiger charge is 2.21. The Morgan fingerprint density at radius 1 is 1.24 bits per heavy atom. The Balaban J connectivity index is 2.36. The first-order valence-corrected chi connectivity index (χ1v) is 6.50. The fourth-order valence-corrected chi connectivity index (χ4v) is 2.14. The van der Waals surface area contributed by atoms with Crippen LogP contribution in [-0.4, -0.2) is 13.0 Å². The zero-order valence-electron chi connectivity index (χ0n) is 11.7. The number of carbonyl (C=O) groups is 1. The lowest BCUT2D eigenvalue weighted by Gasteiger charge is -2.20. The predicted octanol–water partition coefficient (Wildman–Crippen LogP) is 2.61. The van der Waals surface area contributed by atoms with Crippen LogP contribution in [0.3, 0.4) is 0 Å². The van der Waals surface area contributed by atoms with Crippen LogP contribution in [-0.2, 0) is 16.1 Å². The Labute approximate surface area is 122 Å². The van der Waals surface area contributed by atoms with E-state index in [0.29, 0.717) is 12.2 Å². The van der Waals surface area contributed by atoms with Crippen molar-refractivity contribution < 1.29 is 13.9 Å². The minimum absolute atomic E-state index is 0.230. The van der Waals surface area contributed by atoms with Gasteiger partial charge in [0.2, 0.25) is 5.91 Å². The quantitative estimate of drug-likeness (QED) is 0.858. The molecule has 5 heteroatoms. The van der Waals surface area contributed by atoms with Gasteiger partial charge in [0, 0.05) is 7.11 Å². The van der Waals surface area contributed by atoms with Crippen molar-refractivity contribution in [3.8, 4) is 0 Å². The minimum atomic E-state index is -0.826. The summed E-state index contributed by atoms with van der Waals surface area (Å²) in [6, 6.07) is 12.6. The number of amides is 1. The largest absolute Gasteiger partial charge is 0.380 e. The molecule has 1 amide bonds. The van der Waals surface area contributed by atoms with Crippen LogP contribution < -0.4 is 11.1 Å². The van der Waals surface area contributed by atoms with Crippen molar-refractivity contribution in [2.24, 2.45) is 5.73 Å². The van der Waals surface area contributed by atoms with Crippen LogP contribution in [0.4, 0.5) is 10.1 Å². The van der Waals surface area contributed by atoms with Gasteiger partial charge in [-0.3, -0.25) is 4.79 Å². The summed E-state index contributed by atoms with van der Waals surface area (Å²) in [5.41, 5.74) is 7.20. The molecule has 3 N–H and O–H groups in total. The summed E-state index contributed by atoms with van der Waals surface area (Å²) in [5.74, 6) is -1.02. The summed E-state index contributed by atoms with van der Waals surface area (Å²) >= 11 is 0. The van der Waals surface area contributed by atoms with Crippen molar-refractivity contribution in [3.63, 3.8) is 0 Å². The number of benzene rings is 2. The number of anilines is 1. The molecule has 0 aliphatic carbocycles.